The largest absolute Gasteiger partial charge is 0.381 e. The molecule has 3 heterocycles. The second-order valence-electron chi connectivity index (χ2n) is 6.16. The highest BCUT2D eigenvalue weighted by Crippen LogP contribution is 2.15. The Morgan fingerprint density at radius 2 is 1.92 bits per heavy atom. The second kappa shape index (κ2) is 8.10. The number of ether oxygens (including phenoxy) is 1. The maximum atomic E-state index is 12.3. The molecule has 0 bridgehead atoms. The number of nitrogens with one attached hydrogen (secondary N) is 1. The molecule has 0 unspecified atom stereocenters. The fourth-order valence-corrected chi connectivity index (χ4v) is 3.10. The van der Waals surface area contributed by atoms with Crippen molar-refractivity contribution in [1.82, 2.24) is 15.2 Å². The summed E-state index contributed by atoms with van der Waals surface area (Å²) in [6.45, 7) is 4.17. The summed E-state index contributed by atoms with van der Waals surface area (Å²) in [7, 11) is 0. The quantitative estimate of drug-likeness (QED) is 0.857. The third kappa shape index (κ3) is 4.23. The van der Waals surface area contributed by atoms with Gasteiger partial charge in [-0.25, -0.2) is 4.98 Å². The normalized spacial score (nSPS) is 19.2. The zero-order chi connectivity index (χ0) is 16.8. The van der Waals surface area contributed by atoms with Gasteiger partial charge in [0.15, 0.2) is 0 Å². The second-order valence-corrected chi connectivity index (χ2v) is 6.16. The minimum atomic E-state index is -0.0289. The monoisotopic (exact) mass is 332 g/mol. The number of nitrogens with zero attached hydrogens (tertiary/aromatic N) is 3. The average Bonchev–Trinajstić information content (AvgIpc) is 2.67. The molecule has 1 aromatic heterocycles. The summed E-state index contributed by atoms with van der Waals surface area (Å²) in [4.78, 5) is 32.7. The van der Waals surface area contributed by atoms with Crippen molar-refractivity contribution in [3.05, 3.63) is 24.4 Å². The predicted molar refractivity (Wildman–Crippen MR) is 89.6 cm³/mol. The van der Waals surface area contributed by atoms with Crippen molar-refractivity contribution in [2.24, 2.45) is 5.92 Å². The van der Waals surface area contributed by atoms with Crippen LogP contribution in [0, 0.1) is 5.92 Å². The summed E-state index contributed by atoms with van der Waals surface area (Å²) in [5.74, 6) is 0.875. The molecule has 0 radical (unpaired) electrons. The molecule has 2 fully saturated rings. The van der Waals surface area contributed by atoms with Gasteiger partial charge in [-0.3, -0.25) is 9.59 Å². The lowest BCUT2D eigenvalue weighted by Gasteiger charge is -2.35. The van der Waals surface area contributed by atoms with Crippen molar-refractivity contribution in [3.63, 3.8) is 0 Å². The topological polar surface area (TPSA) is 74.8 Å². The number of carbonyl (C=O) groups excluding carboxylic acids is 2. The standard InChI is InChI=1S/C17H24N4O3/c22-16(13-19-17(23)14-4-11-24-12-5-14)21-9-7-20(8-10-21)15-3-1-2-6-18-15/h1-3,6,14H,4-5,7-13H2,(H,19,23). The molecule has 2 aliphatic rings. The molecule has 0 aromatic carbocycles. The third-order valence-electron chi connectivity index (χ3n) is 4.61. The van der Waals surface area contributed by atoms with Gasteiger partial charge in [-0.1, -0.05) is 6.07 Å². The van der Waals surface area contributed by atoms with E-state index in [9.17, 15) is 9.59 Å². The van der Waals surface area contributed by atoms with Crippen LogP contribution in [0.3, 0.4) is 0 Å². The number of hydrogen-bond donors (Lipinski definition) is 1. The van der Waals surface area contributed by atoms with Gasteiger partial charge >= 0.3 is 0 Å². The molecule has 1 N–H and O–H groups in total. The molecule has 2 amide bonds. The number of carbonyl (C=O) groups is 2. The first-order chi connectivity index (χ1) is 11.7. The van der Waals surface area contributed by atoms with Crippen LogP contribution in [0.5, 0.6) is 0 Å². The zero-order valence-electron chi connectivity index (χ0n) is 13.8. The van der Waals surface area contributed by atoms with E-state index in [4.69, 9.17) is 4.74 Å². The van der Waals surface area contributed by atoms with Crippen LogP contribution in [0.25, 0.3) is 0 Å². The van der Waals surface area contributed by atoms with E-state index in [1.165, 1.54) is 0 Å². The number of aromatic nitrogens is 1. The van der Waals surface area contributed by atoms with Gasteiger partial charge in [0.2, 0.25) is 11.8 Å². The SMILES string of the molecule is O=C(NCC(=O)N1CCN(c2ccccn2)CC1)C1CCOCC1. The van der Waals surface area contributed by atoms with Crippen LogP contribution < -0.4 is 10.2 Å². The maximum Gasteiger partial charge on any atom is 0.242 e. The Morgan fingerprint density at radius 3 is 2.58 bits per heavy atom. The summed E-state index contributed by atoms with van der Waals surface area (Å²) in [6, 6.07) is 5.84. The molecule has 3 rings (SSSR count). The van der Waals surface area contributed by atoms with E-state index in [1.807, 2.05) is 23.1 Å². The van der Waals surface area contributed by atoms with Gasteiger partial charge in [0.05, 0.1) is 6.54 Å². The van der Waals surface area contributed by atoms with E-state index in [0.29, 0.717) is 26.3 Å². The van der Waals surface area contributed by atoms with Crippen molar-refractivity contribution in [2.75, 3.05) is 50.8 Å². The van der Waals surface area contributed by atoms with Crippen LogP contribution in [0.4, 0.5) is 5.82 Å². The van der Waals surface area contributed by atoms with Crippen LogP contribution in [-0.2, 0) is 14.3 Å². The molecule has 2 aliphatic heterocycles. The van der Waals surface area contributed by atoms with Crippen molar-refractivity contribution < 1.29 is 14.3 Å². The summed E-state index contributed by atoms with van der Waals surface area (Å²) in [5, 5.41) is 2.78. The summed E-state index contributed by atoms with van der Waals surface area (Å²) < 4.78 is 5.25. The lowest BCUT2D eigenvalue weighted by Crippen LogP contribution is -2.51. The van der Waals surface area contributed by atoms with Gasteiger partial charge in [0, 0.05) is 51.5 Å². The molecule has 24 heavy (non-hydrogen) atoms. The molecule has 130 valence electrons. The molecule has 7 heteroatoms. The van der Waals surface area contributed by atoms with Crippen molar-refractivity contribution >= 4 is 17.6 Å². The number of hydrogen-bond acceptors (Lipinski definition) is 5. The minimum Gasteiger partial charge on any atom is -0.381 e. The number of pyridine rings is 1. The molecule has 2 saturated heterocycles. The molecular weight excluding hydrogens is 308 g/mol. The first-order valence-electron chi connectivity index (χ1n) is 8.53. The number of rotatable bonds is 4. The van der Waals surface area contributed by atoms with E-state index >= 15 is 0 Å². The zero-order valence-corrected chi connectivity index (χ0v) is 13.8. The van der Waals surface area contributed by atoms with E-state index < -0.39 is 0 Å². The smallest absolute Gasteiger partial charge is 0.242 e. The summed E-state index contributed by atoms with van der Waals surface area (Å²) in [5.41, 5.74) is 0. The van der Waals surface area contributed by atoms with Gasteiger partial charge in [-0.15, -0.1) is 0 Å². The Morgan fingerprint density at radius 1 is 1.17 bits per heavy atom. The van der Waals surface area contributed by atoms with Gasteiger partial charge < -0.3 is 19.9 Å². The number of amides is 2. The Bertz CT molecular complexity index is 552. The highest BCUT2D eigenvalue weighted by Gasteiger charge is 2.24. The van der Waals surface area contributed by atoms with Gasteiger partial charge in [-0.05, 0) is 25.0 Å². The Labute approximate surface area is 142 Å². The summed E-state index contributed by atoms with van der Waals surface area (Å²) in [6.07, 6.45) is 3.25. The van der Waals surface area contributed by atoms with Crippen LogP contribution in [-0.4, -0.2) is 67.6 Å². The Hall–Kier alpha value is -2.15. The first kappa shape index (κ1) is 16.7. The van der Waals surface area contributed by atoms with Gasteiger partial charge in [0.25, 0.3) is 0 Å². The summed E-state index contributed by atoms with van der Waals surface area (Å²) >= 11 is 0. The number of piperazine rings is 1. The lowest BCUT2D eigenvalue weighted by atomic mass is 9.99. The molecule has 0 saturated carbocycles. The van der Waals surface area contributed by atoms with Gasteiger partial charge in [-0.2, -0.15) is 0 Å². The van der Waals surface area contributed by atoms with Crippen molar-refractivity contribution in [2.45, 2.75) is 12.8 Å². The van der Waals surface area contributed by atoms with Crippen LogP contribution >= 0.6 is 0 Å². The minimum absolute atomic E-state index is 0.0175. The number of anilines is 1. The fourth-order valence-electron chi connectivity index (χ4n) is 3.10. The van der Waals surface area contributed by atoms with E-state index in [1.54, 1.807) is 6.20 Å². The third-order valence-corrected chi connectivity index (χ3v) is 4.61. The first-order valence-corrected chi connectivity index (χ1v) is 8.53. The van der Waals surface area contributed by atoms with E-state index in [-0.39, 0.29) is 24.3 Å². The lowest BCUT2D eigenvalue weighted by molar-refractivity contribution is -0.135. The van der Waals surface area contributed by atoms with Crippen LogP contribution in [0.1, 0.15) is 12.8 Å². The Balaban J connectivity index is 1.41. The molecular formula is C17H24N4O3. The average molecular weight is 332 g/mol. The van der Waals surface area contributed by atoms with Gasteiger partial charge in [0.1, 0.15) is 5.82 Å². The maximum absolute atomic E-state index is 12.3. The molecule has 1 aromatic rings. The highest BCUT2D eigenvalue weighted by molar-refractivity contribution is 5.86. The van der Waals surface area contributed by atoms with E-state index in [0.717, 1.165) is 31.7 Å². The van der Waals surface area contributed by atoms with Crippen molar-refractivity contribution in [3.8, 4) is 0 Å². The molecule has 0 spiro atoms. The fraction of sp³-hybridized carbons (Fsp3) is 0.588. The Kier molecular flexibility index (Phi) is 5.63. The molecule has 7 nitrogen and oxygen atoms in total. The van der Waals surface area contributed by atoms with Crippen molar-refractivity contribution in [1.29, 1.82) is 0 Å². The predicted octanol–water partition coefficient (Wildman–Crippen LogP) is 0.273. The molecule has 0 atom stereocenters. The van der Waals surface area contributed by atoms with Crippen LogP contribution in [0.2, 0.25) is 0 Å². The van der Waals surface area contributed by atoms with E-state index in [2.05, 4.69) is 15.2 Å². The van der Waals surface area contributed by atoms with Crippen LogP contribution in [0.15, 0.2) is 24.4 Å². The highest BCUT2D eigenvalue weighted by atomic mass is 16.5. The molecule has 0 aliphatic carbocycles.